The normalized spacial score (nSPS) is 16.4. The Balaban J connectivity index is 1.49. The molecule has 27 heavy (non-hydrogen) atoms. The summed E-state index contributed by atoms with van der Waals surface area (Å²) in [5.74, 6) is 2.86. The van der Waals surface area contributed by atoms with Crippen LogP contribution >= 0.6 is 11.8 Å². The molecule has 0 spiro atoms. The molecular weight excluding hydrogens is 364 g/mol. The molecular formula is C19H24N4O3S. The summed E-state index contributed by atoms with van der Waals surface area (Å²) in [4.78, 5) is 14.4. The number of hydrogen-bond donors (Lipinski definition) is 0. The van der Waals surface area contributed by atoms with Crippen LogP contribution in [0.1, 0.15) is 26.2 Å². The van der Waals surface area contributed by atoms with Gasteiger partial charge >= 0.3 is 0 Å². The number of fused-ring (bicyclic) bond motifs is 1. The van der Waals surface area contributed by atoms with E-state index in [1.165, 1.54) is 18.2 Å². The van der Waals surface area contributed by atoms with Crippen molar-refractivity contribution in [2.75, 3.05) is 32.1 Å². The van der Waals surface area contributed by atoms with Gasteiger partial charge in [0, 0.05) is 25.2 Å². The minimum atomic E-state index is 0.186. The van der Waals surface area contributed by atoms with Crippen molar-refractivity contribution in [1.29, 1.82) is 0 Å². The van der Waals surface area contributed by atoms with Crippen molar-refractivity contribution < 1.29 is 14.3 Å². The van der Waals surface area contributed by atoms with Gasteiger partial charge in [0.15, 0.2) is 22.5 Å². The highest BCUT2D eigenvalue weighted by atomic mass is 32.2. The van der Waals surface area contributed by atoms with Crippen molar-refractivity contribution in [3.63, 3.8) is 0 Å². The van der Waals surface area contributed by atoms with Crippen LogP contribution in [0.2, 0.25) is 0 Å². The largest absolute Gasteiger partial charge is 0.486 e. The Hall–Kier alpha value is -2.22. The quantitative estimate of drug-likeness (QED) is 0.734. The number of carbonyl (C=O) groups is 1. The molecule has 1 aromatic heterocycles. The molecule has 0 atom stereocenters. The molecule has 2 aliphatic heterocycles. The Morgan fingerprint density at radius 2 is 1.89 bits per heavy atom. The van der Waals surface area contributed by atoms with Crippen LogP contribution in [0, 0.1) is 0 Å². The van der Waals surface area contributed by atoms with E-state index < -0.39 is 0 Å². The van der Waals surface area contributed by atoms with Crippen molar-refractivity contribution in [3.05, 3.63) is 18.2 Å². The second kappa shape index (κ2) is 8.21. The lowest BCUT2D eigenvalue weighted by Gasteiger charge is -2.26. The molecule has 1 aromatic carbocycles. The van der Waals surface area contributed by atoms with Gasteiger partial charge in [0.25, 0.3) is 0 Å². The third-order valence-corrected chi connectivity index (χ3v) is 5.82. The molecule has 0 radical (unpaired) electrons. The second-order valence-electron chi connectivity index (χ2n) is 6.64. The van der Waals surface area contributed by atoms with Crippen molar-refractivity contribution in [2.45, 2.75) is 37.9 Å². The third-order valence-electron chi connectivity index (χ3n) is 4.87. The van der Waals surface area contributed by atoms with E-state index in [0.717, 1.165) is 60.5 Å². The van der Waals surface area contributed by atoms with Crippen LogP contribution in [0.25, 0.3) is 11.4 Å². The molecule has 4 rings (SSSR count). The molecule has 7 nitrogen and oxygen atoms in total. The first-order valence-corrected chi connectivity index (χ1v) is 10.5. The van der Waals surface area contributed by atoms with Gasteiger partial charge in [0.05, 0.1) is 5.75 Å². The van der Waals surface area contributed by atoms with Crippen molar-refractivity contribution in [2.24, 2.45) is 0 Å². The van der Waals surface area contributed by atoms with Crippen LogP contribution in [0.3, 0.4) is 0 Å². The van der Waals surface area contributed by atoms with Crippen molar-refractivity contribution >= 4 is 17.7 Å². The number of aromatic nitrogens is 3. The monoisotopic (exact) mass is 388 g/mol. The molecule has 1 fully saturated rings. The number of rotatable bonds is 5. The number of benzene rings is 1. The minimum absolute atomic E-state index is 0.186. The van der Waals surface area contributed by atoms with Crippen LogP contribution in [-0.4, -0.2) is 57.6 Å². The predicted octanol–water partition coefficient (Wildman–Crippen LogP) is 2.84. The molecule has 0 aliphatic carbocycles. The van der Waals surface area contributed by atoms with E-state index in [0.29, 0.717) is 19.0 Å². The summed E-state index contributed by atoms with van der Waals surface area (Å²) in [6.45, 7) is 5.67. The molecule has 3 heterocycles. The predicted molar refractivity (Wildman–Crippen MR) is 103 cm³/mol. The summed E-state index contributed by atoms with van der Waals surface area (Å²) in [5, 5.41) is 9.46. The standard InChI is InChI=1S/C19H24N4O3S/c1-2-23-18(14-6-7-15-16(12-14)26-11-10-25-15)20-21-19(23)27-13-17(24)22-8-4-3-5-9-22/h6-7,12H,2-5,8-11,13H2,1H3. The highest BCUT2D eigenvalue weighted by Crippen LogP contribution is 2.34. The molecule has 2 aliphatic rings. The van der Waals surface area contributed by atoms with Crippen LogP contribution in [0.4, 0.5) is 0 Å². The van der Waals surface area contributed by atoms with E-state index in [2.05, 4.69) is 17.1 Å². The van der Waals surface area contributed by atoms with Crippen LogP contribution in [-0.2, 0) is 11.3 Å². The zero-order chi connectivity index (χ0) is 18.6. The lowest BCUT2D eigenvalue weighted by molar-refractivity contribution is -0.129. The van der Waals surface area contributed by atoms with Gasteiger partial charge < -0.3 is 18.9 Å². The maximum absolute atomic E-state index is 12.4. The fourth-order valence-corrected chi connectivity index (χ4v) is 4.34. The third kappa shape index (κ3) is 3.90. The highest BCUT2D eigenvalue weighted by Gasteiger charge is 2.20. The van der Waals surface area contributed by atoms with E-state index in [1.54, 1.807) is 0 Å². The Bertz CT molecular complexity index is 817. The van der Waals surface area contributed by atoms with E-state index in [4.69, 9.17) is 9.47 Å². The summed E-state index contributed by atoms with van der Waals surface area (Å²) in [7, 11) is 0. The Kier molecular flexibility index (Phi) is 5.52. The number of nitrogens with zero attached hydrogens (tertiary/aromatic N) is 4. The van der Waals surface area contributed by atoms with E-state index in [9.17, 15) is 4.79 Å². The molecule has 0 N–H and O–H groups in total. The highest BCUT2D eigenvalue weighted by molar-refractivity contribution is 7.99. The second-order valence-corrected chi connectivity index (χ2v) is 7.58. The average molecular weight is 388 g/mol. The summed E-state index contributed by atoms with van der Waals surface area (Å²) in [6, 6.07) is 5.82. The fraction of sp³-hybridized carbons (Fsp3) is 0.526. The number of ether oxygens (including phenoxy) is 2. The van der Waals surface area contributed by atoms with Crippen molar-refractivity contribution in [3.8, 4) is 22.9 Å². The van der Waals surface area contributed by atoms with Crippen LogP contribution in [0.15, 0.2) is 23.4 Å². The van der Waals surface area contributed by atoms with E-state index in [-0.39, 0.29) is 5.91 Å². The SMILES string of the molecule is CCn1c(SCC(=O)N2CCCCC2)nnc1-c1ccc2c(c1)OCCO2. The lowest BCUT2D eigenvalue weighted by atomic mass is 10.1. The Morgan fingerprint density at radius 1 is 1.11 bits per heavy atom. The van der Waals surface area contributed by atoms with Gasteiger partial charge in [-0.2, -0.15) is 0 Å². The maximum atomic E-state index is 12.4. The lowest BCUT2D eigenvalue weighted by Crippen LogP contribution is -2.36. The summed E-state index contributed by atoms with van der Waals surface area (Å²) in [5.41, 5.74) is 0.933. The Labute approximate surface area is 163 Å². The van der Waals surface area contributed by atoms with Gasteiger partial charge in [-0.3, -0.25) is 4.79 Å². The minimum Gasteiger partial charge on any atom is -0.486 e. The van der Waals surface area contributed by atoms with E-state index >= 15 is 0 Å². The molecule has 0 unspecified atom stereocenters. The van der Waals surface area contributed by atoms with Gasteiger partial charge in [0.2, 0.25) is 5.91 Å². The number of likely N-dealkylation sites (tertiary alicyclic amines) is 1. The molecule has 0 saturated carbocycles. The number of carbonyl (C=O) groups excluding carboxylic acids is 1. The number of amides is 1. The van der Waals surface area contributed by atoms with Gasteiger partial charge in [-0.1, -0.05) is 11.8 Å². The Morgan fingerprint density at radius 3 is 2.67 bits per heavy atom. The van der Waals surface area contributed by atoms with Crippen LogP contribution in [0.5, 0.6) is 11.5 Å². The number of piperidine rings is 1. The van der Waals surface area contributed by atoms with Gasteiger partial charge in [-0.15, -0.1) is 10.2 Å². The number of hydrogen-bond acceptors (Lipinski definition) is 6. The maximum Gasteiger partial charge on any atom is 0.233 e. The average Bonchev–Trinajstić information content (AvgIpc) is 3.15. The zero-order valence-corrected chi connectivity index (χ0v) is 16.3. The first-order chi connectivity index (χ1) is 13.3. The van der Waals surface area contributed by atoms with Gasteiger partial charge in [-0.05, 0) is 44.4 Å². The molecule has 144 valence electrons. The van der Waals surface area contributed by atoms with Crippen molar-refractivity contribution in [1.82, 2.24) is 19.7 Å². The van der Waals surface area contributed by atoms with Gasteiger partial charge in [-0.25, -0.2) is 0 Å². The number of thioether (sulfide) groups is 1. The first-order valence-electron chi connectivity index (χ1n) is 9.50. The molecule has 8 heteroatoms. The van der Waals surface area contributed by atoms with Gasteiger partial charge in [0.1, 0.15) is 13.2 Å². The fourth-order valence-electron chi connectivity index (χ4n) is 3.44. The molecule has 1 saturated heterocycles. The molecule has 0 bridgehead atoms. The topological polar surface area (TPSA) is 69.5 Å². The summed E-state index contributed by atoms with van der Waals surface area (Å²) >= 11 is 1.46. The zero-order valence-electron chi connectivity index (χ0n) is 15.5. The van der Waals surface area contributed by atoms with Crippen LogP contribution < -0.4 is 9.47 Å². The van der Waals surface area contributed by atoms with E-state index in [1.807, 2.05) is 27.7 Å². The first kappa shape index (κ1) is 18.2. The smallest absolute Gasteiger partial charge is 0.233 e. The molecule has 2 aromatic rings. The molecule has 1 amide bonds. The summed E-state index contributed by atoms with van der Waals surface area (Å²) in [6.07, 6.45) is 3.44. The summed E-state index contributed by atoms with van der Waals surface area (Å²) < 4.78 is 13.3.